The Bertz CT molecular complexity index is 42.2. The summed E-state index contributed by atoms with van der Waals surface area (Å²) in [6.07, 6.45) is 0. The van der Waals surface area contributed by atoms with Crippen molar-refractivity contribution in [2.75, 3.05) is 0 Å². The molecule has 0 aromatic rings. The van der Waals surface area contributed by atoms with Crippen LogP contribution in [0.15, 0.2) is 0 Å². The van der Waals surface area contributed by atoms with Crippen LogP contribution in [-0.2, 0) is 4.79 Å². The topological polar surface area (TPSA) is 100 Å². The van der Waals surface area contributed by atoms with Gasteiger partial charge >= 0.3 is 0 Å². The van der Waals surface area contributed by atoms with Crippen molar-refractivity contribution in [2.45, 2.75) is 6.92 Å². The van der Waals surface area contributed by atoms with Crippen molar-refractivity contribution in [3.8, 4) is 0 Å². The monoisotopic (exact) mass is 108 g/mol. The minimum atomic E-state index is -1.08. The fourth-order valence-corrected chi connectivity index (χ4v) is 0. The van der Waals surface area contributed by atoms with Gasteiger partial charge in [0.2, 0.25) is 0 Å². The van der Waals surface area contributed by atoms with E-state index in [9.17, 15) is 0 Å². The van der Waals surface area contributed by atoms with Gasteiger partial charge in [-0.25, -0.2) is 0 Å². The highest BCUT2D eigenvalue weighted by Crippen LogP contribution is 1.31. The first-order valence-corrected chi connectivity index (χ1v) is 1.49. The smallest absolute Gasteiger partial charge is 0.0383 e. The molecule has 0 fully saturated rings. The molecule has 5 N–H and O–H groups in total. The maximum Gasteiger partial charge on any atom is 0.0383 e. The summed E-state index contributed by atoms with van der Waals surface area (Å²) in [6.45, 7) is 0.972. The van der Waals surface area contributed by atoms with Gasteiger partial charge in [-0.3, -0.25) is 11.0 Å². The van der Waals surface area contributed by atoms with Crippen LogP contribution in [0.25, 0.3) is 0 Å². The highest BCUT2D eigenvalue weighted by molar-refractivity contribution is 5.60. The van der Waals surface area contributed by atoms with E-state index in [1.165, 1.54) is 5.59 Å². The minimum absolute atomic E-state index is 0.972. The number of hydrogen-bond acceptors (Lipinski definition) is 4. The Balaban J connectivity index is 0. The fourth-order valence-electron chi connectivity index (χ4n) is 0. The molecule has 0 rings (SSSR count). The molecule has 0 aromatic heterocycles. The van der Waals surface area contributed by atoms with E-state index in [4.69, 9.17) is 15.1 Å². The van der Waals surface area contributed by atoms with Crippen LogP contribution in [0.5, 0.6) is 0 Å². The zero-order valence-corrected chi connectivity index (χ0v) is 3.97. The van der Waals surface area contributed by atoms with Crippen molar-refractivity contribution in [3.05, 3.63) is 0 Å². The minimum Gasteiger partial charge on any atom is -0.550 e. The van der Waals surface area contributed by atoms with Crippen LogP contribution in [0.4, 0.5) is 0 Å². The number of carboxylic acids is 1. The number of aliphatic carboxylic acids is 1. The first kappa shape index (κ1) is 9.61. The fraction of sp³-hybridized carbons (Fsp3) is 0.500. The van der Waals surface area contributed by atoms with Gasteiger partial charge in [-0.1, -0.05) is 0 Å². The highest BCUT2D eigenvalue weighted by Gasteiger charge is 1.46. The first-order valence-electron chi connectivity index (χ1n) is 1.49. The van der Waals surface area contributed by atoms with Gasteiger partial charge in [0, 0.05) is 5.97 Å². The van der Waals surface area contributed by atoms with E-state index in [0.29, 0.717) is 0 Å². The number of carboxylic acid groups (broad SMARTS) is 1. The summed E-state index contributed by atoms with van der Waals surface area (Å²) in [5.41, 5.74) is 1.50. The maximum absolute atomic E-state index is 8.89. The lowest BCUT2D eigenvalue weighted by Gasteiger charge is -1.77. The SMILES string of the molecule is CC(=O)[O-].[NH3+]NO. The summed E-state index contributed by atoms with van der Waals surface area (Å²) in [6, 6.07) is 0. The highest BCUT2D eigenvalue weighted by atomic mass is 16.5. The summed E-state index contributed by atoms with van der Waals surface area (Å²) in [7, 11) is 0. The molecule has 0 unspecified atom stereocenters. The van der Waals surface area contributed by atoms with E-state index in [1.807, 2.05) is 0 Å². The number of carbonyl (C=O) groups excluding carboxylic acids is 1. The van der Waals surface area contributed by atoms with Gasteiger partial charge < -0.3 is 9.90 Å². The Morgan fingerprint density at radius 2 is 2.00 bits per heavy atom. The normalized spacial score (nSPS) is 6.14. The number of rotatable bonds is 0. The quantitative estimate of drug-likeness (QED) is 0.286. The van der Waals surface area contributed by atoms with E-state index in [1.54, 1.807) is 0 Å². The molecule has 0 aliphatic carbocycles. The molecule has 0 saturated heterocycles. The van der Waals surface area contributed by atoms with E-state index in [0.717, 1.165) is 6.92 Å². The summed E-state index contributed by atoms with van der Waals surface area (Å²) in [5.74, 6) is 1.71. The Kier molecular flexibility index (Phi) is 12.4. The Labute approximate surface area is 40.7 Å². The molecule has 0 saturated carbocycles. The van der Waals surface area contributed by atoms with E-state index in [-0.39, 0.29) is 0 Å². The van der Waals surface area contributed by atoms with Gasteiger partial charge in [-0.15, -0.1) is 0 Å². The molecule has 0 bridgehead atoms. The average Bonchev–Trinajstić information content (AvgIpc) is 1.33. The third-order valence-electron chi connectivity index (χ3n) is 0. The molecular weight excluding hydrogens is 100 g/mol. The molecule has 0 radical (unpaired) electrons. The van der Waals surface area contributed by atoms with Crippen LogP contribution in [-0.4, -0.2) is 11.2 Å². The third-order valence-corrected chi connectivity index (χ3v) is 0. The van der Waals surface area contributed by atoms with Gasteiger partial charge in [0.05, 0.1) is 0 Å². The van der Waals surface area contributed by atoms with E-state index >= 15 is 0 Å². The van der Waals surface area contributed by atoms with Crippen LogP contribution in [0.2, 0.25) is 0 Å². The molecule has 0 aromatic carbocycles. The third kappa shape index (κ3) is 142. The van der Waals surface area contributed by atoms with Crippen LogP contribution < -0.4 is 16.5 Å². The molecule has 7 heavy (non-hydrogen) atoms. The van der Waals surface area contributed by atoms with Crippen LogP contribution in [0.3, 0.4) is 0 Å². The first-order chi connectivity index (χ1) is 3.15. The molecule has 5 nitrogen and oxygen atoms in total. The lowest BCUT2D eigenvalue weighted by molar-refractivity contribution is -0.515. The van der Waals surface area contributed by atoms with Gasteiger partial charge in [-0.2, -0.15) is 0 Å². The summed E-state index contributed by atoms with van der Waals surface area (Å²) in [4.78, 5) is 8.89. The van der Waals surface area contributed by atoms with Crippen LogP contribution in [0, 0.1) is 0 Å². The van der Waals surface area contributed by atoms with E-state index in [2.05, 4.69) is 5.84 Å². The van der Waals surface area contributed by atoms with Gasteiger partial charge in [0.1, 0.15) is 0 Å². The second-order valence-electron chi connectivity index (χ2n) is 0.650. The standard InChI is InChI=1S/C2H4O2.H4N2O/c1-2(3)4;1-2-3/h1H3,(H,3,4);2-3H,1H2. The average molecular weight is 108 g/mol. The molecule has 5 heteroatoms. The second kappa shape index (κ2) is 9.02. The number of carbonyl (C=O) groups is 1. The number of nitrogens with one attached hydrogen (secondary N) is 1. The molecule has 0 atom stereocenters. The van der Waals surface area contributed by atoms with Gasteiger partial charge in [0.15, 0.2) is 0 Å². The van der Waals surface area contributed by atoms with E-state index < -0.39 is 5.97 Å². The molecule has 0 aliphatic heterocycles. The molecule has 44 valence electrons. The van der Waals surface area contributed by atoms with Gasteiger partial charge in [-0.05, 0) is 12.5 Å². The molecule has 0 amide bonds. The summed E-state index contributed by atoms with van der Waals surface area (Å²) >= 11 is 0. The number of quaternary nitrogens is 1. The van der Waals surface area contributed by atoms with Crippen molar-refractivity contribution in [1.29, 1.82) is 0 Å². The predicted octanol–water partition coefficient (Wildman–Crippen LogP) is -3.12. The number of hydrogen-bond donors (Lipinski definition) is 3. The maximum atomic E-state index is 8.89. The summed E-state index contributed by atoms with van der Waals surface area (Å²) < 4.78 is 0. The van der Waals surface area contributed by atoms with Crippen molar-refractivity contribution in [1.82, 2.24) is 5.59 Å². The molecular formula is C2H8N2O3. The largest absolute Gasteiger partial charge is 0.550 e. The lowest BCUT2D eigenvalue weighted by Crippen LogP contribution is -2.62. The van der Waals surface area contributed by atoms with Crippen molar-refractivity contribution < 1.29 is 21.0 Å². The van der Waals surface area contributed by atoms with Crippen LogP contribution >= 0.6 is 0 Å². The van der Waals surface area contributed by atoms with Crippen molar-refractivity contribution >= 4 is 5.97 Å². The van der Waals surface area contributed by atoms with Crippen molar-refractivity contribution in [2.24, 2.45) is 0 Å². The Morgan fingerprint density at radius 1 is 2.00 bits per heavy atom. The summed E-state index contributed by atoms with van der Waals surface area (Å²) in [5, 5.41) is 16.1. The Hall–Kier alpha value is -0.650. The zero-order valence-electron chi connectivity index (χ0n) is 3.97. The second-order valence-corrected chi connectivity index (χ2v) is 0.650. The molecule has 0 aliphatic rings. The Morgan fingerprint density at radius 3 is 2.00 bits per heavy atom. The molecule has 0 heterocycles. The lowest BCUT2D eigenvalue weighted by atomic mass is 10.9. The van der Waals surface area contributed by atoms with Crippen LogP contribution in [0.1, 0.15) is 6.92 Å². The molecule has 0 spiro atoms. The zero-order chi connectivity index (χ0) is 6.28. The van der Waals surface area contributed by atoms with Gasteiger partial charge in [0.25, 0.3) is 0 Å². The predicted molar refractivity (Wildman–Crippen MR) is 18.5 cm³/mol. The van der Waals surface area contributed by atoms with Crippen molar-refractivity contribution in [3.63, 3.8) is 0 Å².